The molecule has 0 radical (unpaired) electrons. The SMILES string of the molecule is C1CCOC1.CC.CC.O=C(O)COCc1ccccc1.O=C([O-])CI.OCc1ccccc1.[H-].[Na+].[Na+]. The molecule has 196 valence electrons. The molecule has 10 heteroatoms. The van der Waals surface area contributed by atoms with E-state index in [0.717, 1.165) is 24.3 Å². The van der Waals surface area contributed by atoms with Crippen molar-refractivity contribution in [1.29, 1.82) is 0 Å². The fourth-order valence-corrected chi connectivity index (χ4v) is 1.92. The molecule has 3 rings (SSSR count). The number of hydrogen-bond donors (Lipinski definition) is 2. The molecule has 1 saturated heterocycles. The number of rotatable bonds is 6. The Bertz CT molecular complexity index is 674. The number of carboxylic acids is 2. The van der Waals surface area contributed by atoms with Crippen LogP contribution in [0.15, 0.2) is 60.7 Å². The topological polar surface area (TPSA) is 116 Å². The third kappa shape index (κ3) is 38.5. The molecule has 0 aromatic heterocycles. The van der Waals surface area contributed by atoms with Gasteiger partial charge in [-0.15, -0.1) is 0 Å². The molecular weight excluding hydrogens is 597 g/mol. The van der Waals surface area contributed by atoms with E-state index < -0.39 is 11.9 Å². The van der Waals surface area contributed by atoms with Gasteiger partial charge in [0.25, 0.3) is 0 Å². The van der Waals surface area contributed by atoms with Gasteiger partial charge in [-0.25, -0.2) is 4.79 Å². The molecule has 0 amide bonds. The van der Waals surface area contributed by atoms with E-state index in [1.54, 1.807) is 22.6 Å². The number of benzene rings is 2. The molecule has 7 nitrogen and oxygen atoms in total. The summed E-state index contributed by atoms with van der Waals surface area (Å²) in [4.78, 5) is 19.3. The van der Waals surface area contributed by atoms with Crippen LogP contribution in [-0.4, -0.2) is 46.4 Å². The summed E-state index contributed by atoms with van der Waals surface area (Å²) in [7, 11) is 0. The predicted octanol–water partition coefficient (Wildman–Crippen LogP) is -1.39. The van der Waals surface area contributed by atoms with Crippen LogP contribution >= 0.6 is 22.6 Å². The summed E-state index contributed by atoms with van der Waals surface area (Å²) in [6, 6.07) is 19.0. The first-order chi connectivity index (χ1) is 16.5. The Balaban J connectivity index is -0.0000000848. The number of halogens is 1. The van der Waals surface area contributed by atoms with E-state index in [2.05, 4.69) is 0 Å². The van der Waals surface area contributed by atoms with Gasteiger partial charge in [0.2, 0.25) is 0 Å². The van der Waals surface area contributed by atoms with Gasteiger partial charge in [-0.3, -0.25) is 0 Å². The first-order valence-corrected chi connectivity index (χ1v) is 12.8. The Labute approximate surface area is 276 Å². The van der Waals surface area contributed by atoms with Gasteiger partial charge >= 0.3 is 65.1 Å². The Morgan fingerprint density at radius 1 is 0.917 bits per heavy atom. The summed E-state index contributed by atoms with van der Waals surface area (Å²) in [5.41, 5.74) is 1.95. The molecule has 1 heterocycles. The maximum absolute atomic E-state index is 10.1. The van der Waals surface area contributed by atoms with Crippen molar-refractivity contribution in [2.75, 3.05) is 24.2 Å². The fraction of sp³-hybridized carbons (Fsp3) is 0.462. The maximum Gasteiger partial charge on any atom is 1.00 e. The van der Waals surface area contributed by atoms with E-state index in [-0.39, 0.29) is 78.2 Å². The summed E-state index contributed by atoms with van der Waals surface area (Å²) in [5, 5.41) is 26.1. The van der Waals surface area contributed by atoms with Crippen molar-refractivity contribution in [3.05, 3.63) is 71.8 Å². The van der Waals surface area contributed by atoms with Crippen molar-refractivity contribution in [2.45, 2.75) is 53.8 Å². The second-order valence-electron chi connectivity index (χ2n) is 5.84. The molecule has 1 fully saturated rings. The molecule has 36 heavy (non-hydrogen) atoms. The summed E-state index contributed by atoms with van der Waals surface area (Å²) < 4.78 is 9.91. The van der Waals surface area contributed by atoms with Gasteiger partial charge in [-0.1, -0.05) is 111 Å². The van der Waals surface area contributed by atoms with E-state index in [1.807, 2.05) is 88.4 Å². The monoisotopic (exact) mass is 638 g/mol. The van der Waals surface area contributed by atoms with Crippen molar-refractivity contribution in [3.63, 3.8) is 0 Å². The Hall–Kier alpha value is -0.01000. The number of carbonyl (C=O) groups is 2. The van der Waals surface area contributed by atoms with Gasteiger partial charge in [0.05, 0.1) is 19.2 Å². The number of aliphatic hydroxyl groups is 1. The number of ether oxygens (including phenoxy) is 2. The van der Waals surface area contributed by atoms with Crippen molar-refractivity contribution < 1.29 is 94.9 Å². The van der Waals surface area contributed by atoms with Gasteiger partial charge < -0.3 is 31.0 Å². The van der Waals surface area contributed by atoms with Crippen molar-refractivity contribution in [2.24, 2.45) is 0 Å². The number of hydrogen-bond acceptors (Lipinski definition) is 6. The average Bonchev–Trinajstić information content (AvgIpc) is 3.49. The minimum absolute atomic E-state index is 0. The quantitative estimate of drug-likeness (QED) is 0.228. The van der Waals surface area contributed by atoms with Crippen LogP contribution in [0.1, 0.15) is 53.1 Å². The normalized spacial score (nSPS) is 9.94. The summed E-state index contributed by atoms with van der Waals surface area (Å²) in [5.74, 6) is -1.95. The Morgan fingerprint density at radius 3 is 1.56 bits per heavy atom. The van der Waals surface area contributed by atoms with Crippen LogP contribution in [0.3, 0.4) is 0 Å². The maximum atomic E-state index is 10.1. The van der Waals surface area contributed by atoms with Crippen molar-refractivity contribution in [3.8, 4) is 0 Å². The van der Waals surface area contributed by atoms with Gasteiger partial charge in [0, 0.05) is 17.6 Å². The van der Waals surface area contributed by atoms with E-state index in [9.17, 15) is 14.7 Å². The number of carboxylic acid groups (broad SMARTS) is 2. The van der Waals surface area contributed by atoms with Crippen LogP contribution in [0.4, 0.5) is 0 Å². The van der Waals surface area contributed by atoms with E-state index in [0.29, 0.717) is 6.61 Å². The van der Waals surface area contributed by atoms with E-state index >= 15 is 0 Å². The molecule has 0 aliphatic carbocycles. The third-order valence-electron chi connectivity index (χ3n) is 3.30. The van der Waals surface area contributed by atoms with Crippen LogP contribution in [0.25, 0.3) is 0 Å². The average molecular weight is 638 g/mol. The molecule has 0 unspecified atom stereocenters. The second kappa shape index (κ2) is 39.5. The Morgan fingerprint density at radius 2 is 1.31 bits per heavy atom. The molecule has 1 aliphatic heterocycles. The van der Waals surface area contributed by atoms with Crippen LogP contribution in [-0.2, 0) is 32.3 Å². The summed E-state index contributed by atoms with van der Waals surface area (Å²) >= 11 is 1.72. The summed E-state index contributed by atoms with van der Waals surface area (Å²) in [6.45, 7) is 10.3. The molecule has 0 bridgehead atoms. The molecule has 1 aliphatic rings. The summed E-state index contributed by atoms with van der Waals surface area (Å²) in [6.07, 6.45) is 2.56. The van der Waals surface area contributed by atoms with Gasteiger partial charge in [0.1, 0.15) is 6.61 Å². The number of carbonyl (C=O) groups excluding carboxylic acids is 1. The molecule has 0 saturated carbocycles. The van der Waals surface area contributed by atoms with Gasteiger partial charge in [0.15, 0.2) is 0 Å². The minimum Gasteiger partial charge on any atom is -1.00 e. The Kier molecular flexibility index (Phi) is 50.3. The fourth-order valence-electron chi connectivity index (χ4n) is 1.92. The first-order valence-electron chi connectivity index (χ1n) is 11.3. The van der Waals surface area contributed by atoms with Crippen LogP contribution < -0.4 is 64.2 Å². The van der Waals surface area contributed by atoms with Crippen LogP contribution in [0, 0.1) is 0 Å². The molecular formula is C26H41INa2O7. The zero-order chi connectivity index (χ0) is 26.5. The second-order valence-corrected chi connectivity index (χ2v) is 6.60. The number of aliphatic carboxylic acids is 2. The number of aliphatic hydroxyl groups excluding tert-OH is 1. The minimum atomic E-state index is -1.01. The predicted molar refractivity (Wildman–Crippen MR) is 144 cm³/mol. The zero-order valence-corrected chi connectivity index (χ0v) is 28.9. The molecule has 0 atom stereocenters. The molecule has 2 N–H and O–H groups in total. The standard InChI is InChI=1S/C9H10O3.C7H8O.C4H8O.C2H3IO2.2C2H6.2Na.H/c10-9(11)7-12-6-8-4-2-1-3-5-8;8-6-7-4-2-1-3-5-7;1-2-4-5-3-1;3-1-2(4)5;2*1-2;;;/h1-5H,6-7H2,(H,10,11);1-5,8H,6H2;1-4H2;1H2,(H,4,5);2*1-2H3;;;/q;;;;;;2*+1;-1/p-1. The van der Waals surface area contributed by atoms with Gasteiger partial charge in [-0.2, -0.15) is 0 Å². The third-order valence-corrected chi connectivity index (χ3v) is 3.92. The molecule has 2 aromatic rings. The molecule has 0 spiro atoms. The zero-order valence-electron chi connectivity index (χ0n) is 23.7. The van der Waals surface area contributed by atoms with Crippen molar-refractivity contribution >= 4 is 34.5 Å². The van der Waals surface area contributed by atoms with Crippen LogP contribution in [0.2, 0.25) is 0 Å². The smallest absolute Gasteiger partial charge is 1.00 e. The van der Waals surface area contributed by atoms with E-state index in [1.165, 1.54) is 12.8 Å². The first kappa shape index (κ1) is 45.9. The van der Waals surface area contributed by atoms with Crippen molar-refractivity contribution in [1.82, 2.24) is 0 Å². The van der Waals surface area contributed by atoms with Crippen LogP contribution in [0.5, 0.6) is 0 Å². The van der Waals surface area contributed by atoms with E-state index in [4.69, 9.17) is 19.7 Å². The number of alkyl halides is 1. The van der Waals surface area contributed by atoms with Gasteiger partial charge in [-0.05, 0) is 24.0 Å². The largest absolute Gasteiger partial charge is 1.00 e. The molecule has 2 aromatic carbocycles.